The molecule has 0 saturated carbocycles. The van der Waals surface area contributed by atoms with Crippen molar-refractivity contribution >= 4 is 15.9 Å². The van der Waals surface area contributed by atoms with Crippen LogP contribution in [0.1, 0.15) is 38.7 Å². The number of benzene rings is 1. The highest BCUT2D eigenvalue weighted by Crippen LogP contribution is 2.25. The first-order valence-corrected chi connectivity index (χ1v) is 6.54. The summed E-state index contributed by atoms with van der Waals surface area (Å²) in [5, 5.41) is 3.40. The summed E-state index contributed by atoms with van der Waals surface area (Å²) in [6.07, 6.45) is 1.10. The third kappa shape index (κ3) is 3.56. The van der Waals surface area contributed by atoms with Gasteiger partial charge in [0.05, 0.1) is 0 Å². The first-order chi connectivity index (χ1) is 7.56. The molecular weight excluding hydrogens is 269 g/mol. The van der Waals surface area contributed by atoms with Gasteiger partial charge in [0.1, 0.15) is 5.82 Å². The van der Waals surface area contributed by atoms with E-state index >= 15 is 0 Å². The SMILES string of the molecule is CCCNC(C)C(C)c1cc(Br)ccc1F. The van der Waals surface area contributed by atoms with E-state index in [1.807, 2.05) is 6.07 Å². The van der Waals surface area contributed by atoms with Crippen LogP contribution in [0.2, 0.25) is 0 Å². The van der Waals surface area contributed by atoms with Crippen molar-refractivity contribution in [2.45, 2.75) is 39.2 Å². The number of nitrogens with one attached hydrogen (secondary N) is 1. The first-order valence-electron chi connectivity index (χ1n) is 5.74. The van der Waals surface area contributed by atoms with E-state index in [2.05, 4.69) is 42.0 Å². The van der Waals surface area contributed by atoms with Crippen molar-refractivity contribution in [1.82, 2.24) is 5.32 Å². The monoisotopic (exact) mass is 287 g/mol. The Morgan fingerprint density at radius 3 is 2.69 bits per heavy atom. The minimum Gasteiger partial charge on any atom is -0.314 e. The quantitative estimate of drug-likeness (QED) is 0.861. The van der Waals surface area contributed by atoms with Crippen molar-refractivity contribution in [3.05, 3.63) is 34.1 Å². The molecule has 0 spiro atoms. The van der Waals surface area contributed by atoms with Crippen molar-refractivity contribution in [1.29, 1.82) is 0 Å². The molecule has 1 aromatic rings. The third-order valence-electron chi connectivity index (χ3n) is 2.91. The lowest BCUT2D eigenvalue weighted by Crippen LogP contribution is -2.31. The zero-order valence-electron chi connectivity index (χ0n) is 10.1. The molecule has 0 saturated heterocycles. The van der Waals surface area contributed by atoms with E-state index in [1.165, 1.54) is 6.07 Å². The average molecular weight is 288 g/mol. The summed E-state index contributed by atoms with van der Waals surface area (Å²) in [6.45, 7) is 7.25. The van der Waals surface area contributed by atoms with Gasteiger partial charge in [0.15, 0.2) is 0 Å². The zero-order chi connectivity index (χ0) is 12.1. The van der Waals surface area contributed by atoms with Gasteiger partial charge in [0.25, 0.3) is 0 Å². The second kappa shape index (κ2) is 6.36. The van der Waals surface area contributed by atoms with E-state index in [-0.39, 0.29) is 17.8 Å². The van der Waals surface area contributed by atoms with Crippen molar-refractivity contribution in [3.8, 4) is 0 Å². The van der Waals surface area contributed by atoms with E-state index in [9.17, 15) is 4.39 Å². The molecule has 90 valence electrons. The van der Waals surface area contributed by atoms with Crippen LogP contribution in [0.3, 0.4) is 0 Å². The fourth-order valence-corrected chi connectivity index (χ4v) is 2.06. The minimum atomic E-state index is -0.124. The maximum Gasteiger partial charge on any atom is 0.126 e. The predicted octanol–water partition coefficient (Wildman–Crippen LogP) is 4.08. The molecule has 1 aromatic carbocycles. The minimum absolute atomic E-state index is 0.124. The van der Waals surface area contributed by atoms with Gasteiger partial charge in [-0.25, -0.2) is 4.39 Å². The Hall–Kier alpha value is -0.410. The third-order valence-corrected chi connectivity index (χ3v) is 3.41. The summed E-state index contributed by atoms with van der Waals surface area (Å²) < 4.78 is 14.6. The zero-order valence-corrected chi connectivity index (χ0v) is 11.6. The van der Waals surface area contributed by atoms with Crippen LogP contribution in [0.25, 0.3) is 0 Å². The molecule has 1 rings (SSSR count). The van der Waals surface area contributed by atoms with Gasteiger partial charge in [-0.1, -0.05) is 29.8 Å². The van der Waals surface area contributed by atoms with Crippen LogP contribution in [0.15, 0.2) is 22.7 Å². The highest BCUT2D eigenvalue weighted by molar-refractivity contribution is 9.10. The number of rotatable bonds is 5. The molecule has 1 N–H and O–H groups in total. The van der Waals surface area contributed by atoms with Gasteiger partial charge in [0.2, 0.25) is 0 Å². The number of halogens is 2. The summed E-state index contributed by atoms with van der Waals surface area (Å²) in [5.41, 5.74) is 0.769. The van der Waals surface area contributed by atoms with Crippen LogP contribution in [0, 0.1) is 5.82 Å². The molecule has 0 aliphatic carbocycles. The Morgan fingerprint density at radius 1 is 1.38 bits per heavy atom. The molecule has 0 aliphatic rings. The van der Waals surface area contributed by atoms with Gasteiger partial charge in [-0.05, 0) is 49.6 Å². The van der Waals surface area contributed by atoms with E-state index in [4.69, 9.17) is 0 Å². The second-order valence-corrected chi connectivity index (χ2v) is 5.11. The van der Waals surface area contributed by atoms with E-state index in [0.717, 1.165) is 23.0 Å². The Balaban J connectivity index is 2.78. The molecular formula is C13H19BrFN. The molecule has 2 unspecified atom stereocenters. The van der Waals surface area contributed by atoms with Gasteiger partial charge < -0.3 is 5.32 Å². The van der Waals surface area contributed by atoms with Crippen molar-refractivity contribution < 1.29 is 4.39 Å². The Kier molecular flexibility index (Phi) is 5.42. The van der Waals surface area contributed by atoms with Gasteiger partial charge >= 0.3 is 0 Å². The van der Waals surface area contributed by atoms with E-state index < -0.39 is 0 Å². The van der Waals surface area contributed by atoms with Gasteiger partial charge in [0, 0.05) is 10.5 Å². The first kappa shape index (κ1) is 13.7. The molecule has 0 aliphatic heterocycles. The lowest BCUT2D eigenvalue weighted by atomic mass is 9.94. The van der Waals surface area contributed by atoms with Crippen LogP contribution in [0.5, 0.6) is 0 Å². The van der Waals surface area contributed by atoms with Crippen molar-refractivity contribution in [3.63, 3.8) is 0 Å². The fourth-order valence-electron chi connectivity index (χ4n) is 1.68. The van der Waals surface area contributed by atoms with Gasteiger partial charge in [-0.3, -0.25) is 0 Å². The smallest absolute Gasteiger partial charge is 0.126 e. The van der Waals surface area contributed by atoms with Crippen molar-refractivity contribution in [2.75, 3.05) is 6.54 Å². The Bertz CT molecular complexity index is 341. The topological polar surface area (TPSA) is 12.0 Å². The average Bonchev–Trinajstić information content (AvgIpc) is 2.28. The summed E-state index contributed by atoms with van der Waals surface area (Å²) in [5.74, 6) is 0.0462. The van der Waals surface area contributed by atoms with Crippen molar-refractivity contribution in [2.24, 2.45) is 0 Å². The molecule has 0 amide bonds. The highest BCUT2D eigenvalue weighted by atomic mass is 79.9. The molecule has 0 aromatic heterocycles. The lowest BCUT2D eigenvalue weighted by Gasteiger charge is -2.22. The lowest BCUT2D eigenvalue weighted by molar-refractivity contribution is 0.465. The Labute approximate surface area is 106 Å². The highest BCUT2D eigenvalue weighted by Gasteiger charge is 2.17. The van der Waals surface area contributed by atoms with Crippen LogP contribution >= 0.6 is 15.9 Å². The fraction of sp³-hybridized carbons (Fsp3) is 0.538. The normalized spacial score (nSPS) is 14.8. The number of hydrogen-bond acceptors (Lipinski definition) is 1. The molecule has 2 atom stereocenters. The molecule has 0 bridgehead atoms. The van der Waals surface area contributed by atoms with Crippen LogP contribution in [-0.2, 0) is 0 Å². The van der Waals surface area contributed by atoms with Crippen LogP contribution < -0.4 is 5.32 Å². The summed E-state index contributed by atoms with van der Waals surface area (Å²) in [6, 6.07) is 5.39. The maximum atomic E-state index is 13.7. The second-order valence-electron chi connectivity index (χ2n) is 4.20. The molecule has 0 heterocycles. The van der Waals surface area contributed by atoms with E-state index in [0.29, 0.717) is 0 Å². The summed E-state index contributed by atoms with van der Waals surface area (Å²) in [4.78, 5) is 0. The Morgan fingerprint density at radius 2 is 2.06 bits per heavy atom. The van der Waals surface area contributed by atoms with Gasteiger partial charge in [-0.15, -0.1) is 0 Å². The largest absolute Gasteiger partial charge is 0.314 e. The molecule has 3 heteroatoms. The summed E-state index contributed by atoms with van der Waals surface area (Å²) >= 11 is 3.38. The van der Waals surface area contributed by atoms with Crippen LogP contribution in [-0.4, -0.2) is 12.6 Å². The molecule has 0 radical (unpaired) electrons. The summed E-state index contributed by atoms with van der Waals surface area (Å²) in [7, 11) is 0. The maximum absolute atomic E-state index is 13.7. The van der Waals surface area contributed by atoms with E-state index in [1.54, 1.807) is 6.07 Å². The molecule has 1 nitrogen and oxygen atoms in total. The molecule has 0 fully saturated rings. The van der Waals surface area contributed by atoms with Gasteiger partial charge in [-0.2, -0.15) is 0 Å². The molecule has 16 heavy (non-hydrogen) atoms. The van der Waals surface area contributed by atoms with Crippen LogP contribution in [0.4, 0.5) is 4.39 Å². The standard InChI is InChI=1S/C13H19BrFN/c1-4-7-16-10(3)9(2)12-8-11(14)5-6-13(12)15/h5-6,8-10,16H,4,7H2,1-3H3. The predicted molar refractivity (Wildman–Crippen MR) is 70.3 cm³/mol. The number of hydrogen-bond donors (Lipinski definition) is 1.